The van der Waals surface area contributed by atoms with Crippen molar-refractivity contribution in [2.75, 3.05) is 7.11 Å². The third kappa shape index (κ3) is 4.60. The fraction of sp³-hybridized carbons (Fsp3) is 0.278. The Morgan fingerprint density at radius 2 is 1.64 bits per heavy atom. The van der Waals surface area contributed by atoms with Crippen LogP contribution >= 0.6 is 11.6 Å². The summed E-state index contributed by atoms with van der Waals surface area (Å²) in [6.45, 7) is 3.83. The van der Waals surface area contributed by atoms with E-state index in [0.29, 0.717) is 10.6 Å². The fourth-order valence-corrected chi connectivity index (χ4v) is 4.08. The molecular weight excluding hydrogens is 362 g/mol. The highest BCUT2D eigenvalue weighted by molar-refractivity contribution is 7.89. The van der Waals surface area contributed by atoms with Gasteiger partial charge in [-0.1, -0.05) is 23.7 Å². The highest BCUT2D eigenvalue weighted by Gasteiger charge is 2.27. The average molecular weight is 382 g/mol. The molecule has 0 N–H and O–H groups in total. The second-order valence-electron chi connectivity index (χ2n) is 5.79. The van der Waals surface area contributed by atoms with E-state index in [9.17, 15) is 13.2 Å². The molecule has 134 valence electrons. The number of rotatable bonds is 6. The quantitative estimate of drug-likeness (QED) is 0.715. The van der Waals surface area contributed by atoms with Gasteiger partial charge in [-0.3, -0.25) is 0 Å². The van der Waals surface area contributed by atoms with E-state index in [2.05, 4.69) is 4.74 Å². The van der Waals surface area contributed by atoms with Crippen LogP contribution in [0.25, 0.3) is 0 Å². The van der Waals surface area contributed by atoms with Crippen molar-refractivity contribution in [2.24, 2.45) is 0 Å². The second-order valence-corrected chi connectivity index (χ2v) is 8.11. The van der Waals surface area contributed by atoms with Gasteiger partial charge in [0.1, 0.15) is 0 Å². The number of methoxy groups -OCH3 is 1. The van der Waals surface area contributed by atoms with Gasteiger partial charge in [-0.2, -0.15) is 4.31 Å². The maximum atomic E-state index is 12.9. The largest absolute Gasteiger partial charge is 0.465 e. The molecule has 0 aromatic heterocycles. The first kappa shape index (κ1) is 19.4. The summed E-state index contributed by atoms with van der Waals surface area (Å²) in [4.78, 5) is 11.7. The van der Waals surface area contributed by atoms with Gasteiger partial charge in [0.2, 0.25) is 10.0 Å². The van der Waals surface area contributed by atoms with E-state index in [1.54, 1.807) is 36.4 Å². The first-order valence-corrected chi connectivity index (χ1v) is 9.52. The first-order valence-electron chi connectivity index (χ1n) is 7.70. The fourth-order valence-electron chi connectivity index (χ4n) is 2.33. The number of carbonyl (C=O) groups excluding carboxylic acids is 1. The Morgan fingerprint density at radius 1 is 1.08 bits per heavy atom. The van der Waals surface area contributed by atoms with E-state index in [1.807, 2.05) is 13.8 Å². The Balaban J connectivity index is 2.29. The summed E-state index contributed by atoms with van der Waals surface area (Å²) >= 11 is 5.84. The van der Waals surface area contributed by atoms with Gasteiger partial charge in [-0.05, 0) is 55.8 Å². The number of benzene rings is 2. The number of halogens is 1. The van der Waals surface area contributed by atoms with Crippen LogP contribution < -0.4 is 0 Å². The number of sulfonamides is 1. The van der Waals surface area contributed by atoms with E-state index < -0.39 is 16.0 Å². The van der Waals surface area contributed by atoms with E-state index in [-0.39, 0.29) is 17.5 Å². The van der Waals surface area contributed by atoms with Gasteiger partial charge in [0.25, 0.3) is 0 Å². The molecule has 7 heteroatoms. The number of hydrogen-bond acceptors (Lipinski definition) is 4. The Morgan fingerprint density at radius 3 is 2.12 bits per heavy atom. The van der Waals surface area contributed by atoms with Crippen molar-refractivity contribution >= 4 is 27.6 Å². The van der Waals surface area contributed by atoms with Crippen LogP contribution in [0.5, 0.6) is 0 Å². The smallest absolute Gasteiger partial charge is 0.337 e. The Kier molecular flexibility index (Phi) is 6.21. The van der Waals surface area contributed by atoms with Crippen LogP contribution in [-0.4, -0.2) is 31.8 Å². The summed E-state index contributed by atoms with van der Waals surface area (Å²) in [6.07, 6.45) is 0. The van der Waals surface area contributed by atoms with Crippen LogP contribution in [0.3, 0.4) is 0 Å². The molecule has 25 heavy (non-hydrogen) atoms. The van der Waals surface area contributed by atoms with Crippen molar-refractivity contribution in [2.45, 2.75) is 31.3 Å². The minimum atomic E-state index is -3.66. The summed E-state index contributed by atoms with van der Waals surface area (Å²) < 4.78 is 31.9. The molecule has 0 aliphatic carbocycles. The van der Waals surface area contributed by atoms with E-state index in [4.69, 9.17) is 11.6 Å². The number of ether oxygens (including phenoxy) is 1. The summed E-state index contributed by atoms with van der Waals surface area (Å²) in [5.74, 6) is -0.430. The minimum absolute atomic E-state index is 0.191. The summed E-state index contributed by atoms with van der Waals surface area (Å²) in [7, 11) is -2.35. The van der Waals surface area contributed by atoms with Crippen molar-refractivity contribution in [3.63, 3.8) is 0 Å². The van der Waals surface area contributed by atoms with Gasteiger partial charge in [0.05, 0.1) is 17.6 Å². The third-order valence-corrected chi connectivity index (χ3v) is 6.00. The van der Waals surface area contributed by atoms with Crippen LogP contribution in [0.2, 0.25) is 5.02 Å². The lowest BCUT2D eigenvalue weighted by Crippen LogP contribution is -2.36. The number of carbonyl (C=O) groups is 1. The standard InChI is InChI=1S/C18H20ClNO4S/c1-13(2)20(25(22,23)17-10-8-16(19)9-11-17)12-14-4-6-15(7-5-14)18(21)24-3/h4-11,13H,12H2,1-3H3. The zero-order valence-electron chi connectivity index (χ0n) is 14.3. The molecule has 0 atom stereocenters. The molecule has 5 nitrogen and oxygen atoms in total. The molecule has 0 spiro atoms. The lowest BCUT2D eigenvalue weighted by atomic mass is 10.1. The van der Waals surface area contributed by atoms with Gasteiger partial charge in [0.15, 0.2) is 0 Å². The number of nitrogens with zero attached hydrogens (tertiary/aromatic N) is 1. The Bertz CT molecular complexity index is 830. The molecule has 0 aliphatic rings. The van der Waals surface area contributed by atoms with Crippen molar-refractivity contribution in [3.8, 4) is 0 Å². The molecule has 0 radical (unpaired) electrons. The summed E-state index contributed by atoms with van der Waals surface area (Å²) in [5, 5.41) is 0.480. The van der Waals surface area contributed by atoms with Crippen LogP contribution in [0, 0.1) is 0 Å². The molecule has 0 heterocycles. The van der Waals surface area contributed by atoms with E-state index in [1.165, 1.54) is 23.5 Å². The molecule has 2 aromatic rings. The van der Waals surface area contributed by atoms with Gasteiger partial charge >= 0.3 is 5.97 Å². The highest BCUT2D eigenvalue weighted by atomic mass is 35.5. The second kappa shape index (κ2) is 7.99. The normalized spacial score (nSPS) is 11.8. The highest BCUT2D eigenvalue weighted by Crippen LogP contribution is 2.22. The molecule has 0 saturated carbocycles. The Hall–Kier alpha value is -1.89. The van der Waals surface area contributed by atoms with Crippen LogP contribution in [-0.2, 0) is 21.3 Å². The van der Waals surface area contributed by atoms with Crippen LogP contribution in [0.4, 0.5) is 0 Å². The zero-order chi connectivity index (χ0) is 18.6. The predicted molar refractivity (Wildman–Crippen MR) is 97.1 cm³/mol. The van der Waals surface area contributed by atoms with Crippen LogP contribution in [0.15, 0.2) is 53.4 Å². The molecule has 0 saturated heterocycles. The molecule has 0 unspecified atom stereocenters. The summed E-state index contributed by atoms with van der Waals surface area (Å²) in [6, 6.07) is 12.5. The van der Waals surface area contributed by atoms with Gasteiger partial charge in [-0.25, -0.2) is 13.2 Å². The maximum absolute atomic E-state index is 12.9. The van der Waals surface area contributed by atoms with Gasteiger partial charge in [0, 0.05) is 17.6 Å². The van der Waals surface area contributed by atoms with Crippen LogP contribution in [0.1, 0.15) is 29.8 Å². The molecule has 0 aliphatic heterocycles. The van der Waals surface area contributed by atoms with Gasteiger partial charge < -0.3 is 4.74 Å². The number of esters is 1. The monoisotopic (exact) mass is 381 g/mol. The van der Waals surface area contributed by atoms with E-state index >= 15 is 0 Å². The zero-order valence-corrected chi connectivity index (χ0v) is 15.8. The molecule has 2 aromatic carbocycles. The molecule has 2 rings (SSSR count). The molecule has 0 amide bonds. The Labute approximate surface area is 153 Å². The maximum Gasteiger partial charge on any atom is 0.337 e. The van der Waals surface area contributed by atoms with Crippen molar-refractivity contribution in [1.29, 1.82) is 0 Å². The SMILES string of the molecule is COC(=O)c1ccc(CN(C(C)C)S(=O)(=O)c2ccc(Cl)cc2)cc1. The molecule has 0 bridgehead atoms. The average Bonchev–Trinajstić information content (AvgIpc) is 2.59. The van der Waals surface area contributed by atoms with Crippen molar-refractivity contribution in [1.82, 2.24) is 4.31 Å². The minimum Gasteiger partial charge on any atom is -0.465 e. The lowest BCUT2D eigenvalue weighted by Gasteiger charge is -2.26. The predicted octanol–water partition coefficient (Wildman–Crippen LogP) is 3.73. The van der Waals surface area contributed by atoms with Crippen molar-refractivity contribution < 1.29 is 17.9 Å². The van der Waals surface area contributed by atoms with Crippen molar-refractivity contribution in [3.05, 3.63) is 64.7 Å². The third-order valence-electron chi connectivity index (χ3n) is 3.71. The lowest BCUT2D eigenvalue weighted by molar-refractivity contribution is 0.0600. The van der Waals surface area contributed by atoms with Gasteiger partial charge in [-0.15, -0.1) is 0 Å². The summed E-state index contributed by atoms with van der Waals surface area (Å²) in [5.41, 5.74) is 1.20. The molecule has 0 fully saturated rings. The first-order chi connectivity index (χ1) is 11.8. The van der Waals surface area contributed by atoms with E-state index in [0.717, 1.165) is 5.56 Å². The number of hydrogen-bond donors (Lipinski definition) is 0. The molecular formula is C18H20ClNO4S. The topological polar surface area (TPSA) is 63.7 Å².